The van der Waals surface area contributed by atoms with E-state index < -0.39 is 0 Å². The Morgan fingerprint density at radius 2 is 2.15 bits per heavy atom. The average molecular weight is 364 g/mol. The molecule has 0 bridgehead atoms. The van der Waals surface area contributed by atoms with E-state index in [2.05, 4.69) is 38.8 Å². The van der Waals surface area contributed by atoms with Crippen molar-refractivity contribution in [2.24, 2.45) is 0 Å². The number of hydrogen-bond donors (Lipinski definition) is 1. The molecular formula is C20H20N4O3. The van der Waals surface area contributed by atoms with Crippen LogP contribution in [0.15, 0.2) is 41.2 Å². The van der Waals surface area contributed by atoms with E-state index in [1.807, 2.05) is 26.1 Å². The molecule has 0 aliphatic carbocycles. The van der Waals surface area contributed by atoms with Gasteiger partial charge >= 0.3 is 0 Å². The summed E-state index contributed by atoms with van der Waals surface area (Å²) in [5, 5.41) is 6.24. The number of aryl methyl sites for hydroxylation is 2. The standard InChI is InChI=1S/C20H20N4O3/c1-11-17(12(2)27-23-11)14-6-7-15-18-19(14)26-10-16(13-5-4-8-21-9-13)24(18)22-20(15)25-3/h4-9,16,20,22H,10H2,1-3H3. The first-order chi connectivity index (χ1) is 13.2. The van der Waals surface area contributed by atoms with Crippen LogP contribution in [-0.4, -0.2) is 23.9 Å². The molecule has 2 aliphatic heterocycles. The normalized spacial score (nSPS) is 20.5. The van der Waals surface area contributed by atoms with Crippen LogP contribution in [0.2, 0.25) is 0 Å². The second-order valence-electron chi connectivity index (χ2n) is 6.81. The Hall–Kier alpha value is -2.90. The number of methoxy groups -OCH3 is 1. The summed E-state index contributed by atoms with van der Waals surface area (Å²) < 4.78 is 17.3. The third kappa shape index (κ3) is 2.35. The summed E-state index contributed by atoms with van der Waals surface area (Å²) in [6.45, 7) is 4.37. The fourth-order valence-electron chi connectivity index (χ4n) is 4.00. The van der Waals surface area contributed by atoms with E-state index >= 15 is 0 Å². The van der Waals surface area contributed by atoms with Crippen LogP contribution in [0.5, 0.6) is 5.75 Å². The predicted molar refractivity (Wildman–Crippen MR) is 99.3 cm³/mol. The predicted octanol–water partition coefficient (Wildman–Crippen LogP) is 3.46. The summed E-state index contributed by atoms with van der Waals surface area (Å²) in [5.41, 5.74) is 9.41. The van der Waals surface area contributed by atoms with Crippen molar-refractivity contribution in [3.05, 3.63) is 59.2 Å². The lowest BCUT2D eigenvalue weighted by molar-refractivity contribution is 0.0767. The van der Waals surface area contributed by atoms with Crippen LogP contribution in [0.3, 0.4) is 0 Å². The molecule has 27 heavy (non-hydrogen) atoms. The van der Waals surface area contributed by atoms with Gasteiger partial charge in [0.2, 0.25) is 0 Å². The van der Waals surface area contributed by atoms with E-state index in [-0.39, 0.29) is 12.3 Å². The molecule has 7 heteroatoms. The number of rotatable bonds is 3. The van der Waals surface area contributed by atoms with Gasteiger partial charge in [0.1, 0.15) is 24.1 Å². The lowest BCUT2D eigenvalue weighted by atomic mass is 9.97. The lowest BCUT2D eigenvalue weighted by Crippen LogP contribution is -2.43. The summed E-state index contributed by atoms with van der Waals surface area (Å²) in [6, 6.07) is 8.14. The maximum Gasteiger partial charge on any atom is 0.152 e. The van der Waals surface area contributed by atoms with Crippen molar-refractivity contribution in [1.29, 1.82) is 0 Å². The van der Waals surface area contributed by atoms with Crippen molar-refractivity contribution in [2.75, 3.05) is 18.7 Å². The number of hydrogen-bond acceptors (Lipinski definition) is 7. The van der Waals surface area contributed by atoms with Gasteiger partial charge in [-0.3, -0.25) is 9.99 Å². The Bertz CT molecular complexity index is 982. The topological polar surface area (TPSA) is 72.7 Å². The van der Waals surface area contributed by atoms with E-state index in [4.69, 9.17) is 14.0 Å². The molecule has 2 unspecified atom stereocenters. The van der Waals surface area contributed by atoms with Crippen LogP contribution >= 0.6 is 0 Å². The molecular weight excluding hydrogens is 344 g/mol. The van der Waals surface area contributed by atoms with Gasteiger partial charge in [0.25, 0.3) is 0 Å². The molecule has 0 saturated heterocycles. The van der Waals surface area contributed by atoms with Crippen LogP contribution < -0.4 is 15.2 Å². The number of ether oxygens (including phenoxy) is 2. The summed E-state index contributed by atoms with van der Waals surface area (Å²) in [7, 11) is 1.70. The molecule has 138 valence electrons. The Balaban J connectivity index is 1.68. The Morgan fingerprint density at radius 3 is 2.85 bits per heavy atom. The molecule has 7 nitrogen and oxygen atoms in total. The van der Waals surface area contributed by atoms with Crippen molar-refractivity contribution in [3.63, 3.8) is 0 Å². The smallest absolute Gasteiger partial charge is 0.152 e. The number of hydrazine groups is 1. The van der Waals surface area contributed by atoms with Crippen LogP contribution in [0.4, 0.5) is 5.69 Å². The molecule has 0 radical (unpaired) electrons. The first-order valence-electron chi connectivity index (χ1n) is 8.90. The molecule has 0 saturated carbocycles. The SMILES string of the molecule is COC1NN2c3c1ccc(-c1c(C)noc1C)c3OCC2c1cccnc1. The summed E-state index contributed by atoms with van der Waals surface area (Å²) in [5.74, 6) is 1.61. The lowest BCUT2D eigenvalue weighted by Gasteiger charge is -2.36. The van der Waals surface area contributed by atoms with Crippen molar-refractivity contribution in [2.45, 2.75) is 26.1 Å². The van der Waals surface area contributed by atoms with Gasteiger partial charge in [-0.25, -0.2) is 5.43 Å². The molecule has 0 amide bonds. The van der Waals surface area contributed by atoms with Gasteiger partial charge in [0, 0.05) is 30.6 Å². The Labute approximate surface area is 156 Å². The number of pyridine rings is 1. The van der Waals surface area contributed by atoms with Crippen LogP contribution in [0.25, 0.3) is 11.1 Å². The molecule has 0 spiro atoms. The van der Waals surface area contributed by atoms with E-state index in [1.54, 1.807) is 13.3 Å². The monoisotopic (exact) mass is 364 g/mol. The first-order valence-corrected chi connectivity index (χ1v) is 8.90. The number of aromatic nitrogens is 2. The highest BCUT2D eigenvalue weighted by Gasteiger charge is 2.41. The Kier molecular flexibility index (Phi) is 3.66. The van der Waals surface area contributed by atoms with Gasteiger partial charge < -0.3 is 14.0 Å². The van der Waals surface area contributed by atoms with Gasteiger partial charge in [-0.15, -0.1) is 0 Å². The molecule has 2 atom stereocenters. The number of nitrogens with one attached hydrogen (secondary N) is 1. The van der Waals surface area contributed by atoms with Crippen LogP contribution in [-0.2, 0) is 4.74 Å². The van der Waals surface area contributed by atoms with Gasteiger partial charge in [0.15, 0.2) is 12.0 Å². The number of benzene rings is 1. The molecule has 4 heterocycles. The summed E-state index contributed by atoms with van der Waals surface area (Å²) >= 11 is 0. The Morgan fingerprint density at radius 1 is 1.26 bits per heavy atom. The quantitative estimate of drug-likeness (QED) is 0.763. The minimum atomic E-state index is -0.224. The van der Waals surface area contributed by atoms with E-state index in [9.17, 15) is 0 Å². The zero-order valence-electron chi connectivity index (χ0n) is 15.4. The van der Waals surface area contributed by atoms with Crippen LogP contribution in [0.1, 0.15) is 34.9 Å². The van der Waals surface area contributed by atoms with Gasteiger partial charge in [0.05, 0.1) is 11.3 Å². The minimum absolute atomic E-state index is 0.00465. The largest absolute Gasteiger partial charge is 0.488 e. The molecule has 5 rings (SSSR count). The highest BCUT2D eigenvalue weighted by atomic mass is 16.5. The second kappa shape index (κ2) is 6.07. The second-order valence-corrected chi connectivity index (χ2v) is 6.81. The maximum atomic E-state index is 6.31. The molecule has 3 aromatic rings. The summed E-state index contributed by atoms with van der Waals surface area (Å²) in [6.07, 6.45) is 3.43. The van der Waals surface area contributed by atoms with Gasteiger partial charge in [-0.2, -0.15) is 0 Å². The number of nitrogens with zero attached hydrogens (tertiary/aromatic N) is 3. The third-order valence-corrected chi connectivity index (χ3v) is 5.25. The van der Waals surface area contributed by atoms with Crippen molar-refractivity contribution < 1.29 is 14.0 Å². The molecule has 0 fully saturated rings. The molecule has 1 N–H and O–H groups in total. The fraction of sp³-hybridized carbons (Fsp3) is 0.300. The first kappa shape index (κ1) is 16.3. The zero-order chi connectivity index (χ0) is 18.5. The van der Waals surface area contributed by atoms with Crippen molar-refractivity contribution in [1.82, 2.24) is 15.6 Å². The maximum absolute atomic E-state index is 6.31. The highest BCUT2D eigenvalue weighted by Crippen LogP contribution is 2.52. The van der Waals surface area contributed by atoms with E-state index in [1.165, 1.54) is 0 Å². The van der Waals surface area contributed by atoms with Crippen molar-refractivity contribution in [3.8, 4) is 16.9 Å². The molecule has 2 aromatic heterocycles. The highest BCUT2D eigenvalue weighted by molar-refractivity contribution is 5.84. The van der Waals surface area contributed by atoms with E-state index in [0.717, 1.165) is 45.1 Å². The van der Waals surface area contributed by atoms with Crippen LogP contribution in [0, 0.1) is 13.8 Å². The zero-order valence-corrected chi connectivity index (χ0v) is 15.4. The summed E-state index contributed by atoms with van der Waals surface area (Å²) in [4.78, 5) is 4.26. The van der Waals surface area contributed by atoms with Crippen molar-refractivity contribution >= 4 is 5.69 Å². The molecule has 1 aromatic carbocycles. The molecule has 2 aliphatic rings. The number of anilines is 1. The average Bonchev–Trinajstić information content (AvgIpc) is 3.24. The van der Waals surface area contributed by atoms with Gasteiger partial charge in [-0.05, 0) is 31.5 Å². The fourth-order valence-corrected chi connectivity index (χ4v) is 4.00. The third-order valence-electron chi connectivity index (χ3n) is 5.25. The minimum Gasteiger partial charge on any atom is -0.488 e. The van der Waals surface area contributed by atoms with E-state index in [0.29, 0.717) is 6.61 Å². The van der Waals surface area contributed by atoms with Gasteiger partial charge in [-0.1, -0.05) is 17.3 Å².